The highest BCUT2D eigenvalue weighted by atomic mass is 16.5. The number of hydrogen-bond donors (Lipinski definition) is 1. The predicted octanol–water partition coefficient (Wildman–Crippen LogP) is 1.49. The molecule has 1 aliphatic rings. The molecular weight excluding hydrogens is 188 g/mol. The van der Waals surface area contributed by atoms with Gasteiger partial charge < -0.3 is 15.0 Å². The lowest BCUT2D eigenvalue weighted by Gasteiger charge is -2.35. The third-order valence-corrected chi connectivity index (χ3v) is 3.24. The minimum absolute atomic E-state index is 0.0903. The third-order valence-electron chi connectivity index (χ3n) is 3.24. The normalized spacial score (nSPS) is 24.4. The Morgan fingerprint density at radius 3 is 2.73 bits per heavy atom. The minimum atomic E-state index is 0.0903. The number of methoxy groups -OCH3 is 1. The van der Waals surface area contributed by atoms with E-state index in [4.69, 9.17) is 4.74 Å². The Bertz CT molecular complexity index is 182. The molecule has 3 nitrogen and oxygen atoms in total. The van der Waals surface area contributed by atoms with E-state index >= 15 is 0 Å². The van der Waals surface area contributed by atoms with E-state index in [2.05, 4.69) is 31.1 Å². The van der Waals surface area contributed by atoms with Crippen LogP contribution in [0.15, 0.2) is 0 Å². The first-order chi connectivity index (χ1) is 7.05. The Hall–Kier alpha value is -0.120. The van der Waals surface area contributed by atoms with Crippen molar-refractivity contribution in [3.63, 3.8) is 0 Å². The molecule has 1 atom stereocenters. The van der Waals surface area contributed by atoms with Gasteiger partial charge in [-0.25, -0.2) is 0 Å². The van der Waals surface area contributed by atoms with E-state index in [-0.39, 0.29) is 5.54 Å². The van der Waals surface area contributed by atoms with Crippen LogP contribution >= 0.6 is 0 Å². The summed E-state index contributed by atoms with van der Waals surface area (Å²) in [5.41, 5.74) is 0.0903. The zero-order valence-electron chi connectivity index (χ0n) is 10.7. The number of likely N-dealkylation sites (N-methyl/N-ethyl adjacent to an activating group) is 1. The Morgan fingerprint density at radius 2 is 2.13 bits per heavy atom. The van der Waals surface area contributed by atoms with Gasteiger partial charge in [-0.05, 0) is 40.3 Å². The molecule has 0 radical (unpaired) electrons. The fourth-order valence-electron chi connectivity index (χ4n) is 2.21. The summed E-state index contributed by atoms with van der Waals surface area (Å²) < 4.78 is 5.20. The van der Waals surface area contributed by atoms with Crippen molar-refractivity contribution in [3.8, 4) is 0 Å². The van der Waals surface area contributed by atoms with Crippen LogP contribution in [0, 0.1) is 0 Å². The van der Waals surface area contributed by atoms with E-state index < -0.39 is 0 Å². The fraction of sp³-hybridized carbons (Fsp3) is 1.00. The van der Waals surface area contributed by atoms with Crippen LogP contribution in [0.5, 0.6) is 0 Å². The maximum absolute atomic E-state index is 5.20. The van der Waals surface area contributed by atoms with Crippen molar-refractivity contribution in [2.24, 2.45) is 0 Å². The molecule has 0 aromatic carbocycles. The summed E-state index contributed by atoms with van der Waals surface area (Å²) in [6, 6.07) is 0.704. The largest absolute Gasteiger partial charge is 0.383 e. The quantitative estimate of drug-likeness (QED) is 0.750. The molecule has 0 aliphatic carbocycles. The molecule has 1 heterocycles. The number of piperidine rings is 1. The lowest BCUT2D eigenvalue weighted by atomic mass is 10.0. The van der Waals surface area contributed by atoms with Crippen molar-refractivity contribution in [1.82, 2.24) is 10.2 Å². The molecule has 90 valence electrons. The molecule has 0 aromatic heterocycles. The van der Waals surface area contributed by atoms with Crippen molar-refractivity contribution in [1.29, 1.82) is 0 Å². The van der Waals surface area contributed by atoms with E-state index in [1.807, 2.05) is 0 Å². The van der Waals surface area contributed by atoms with Crippen molar-refractivity contribution >= 4 is 0 Å². The fourth-order valence-corrected chi connectivity index (χ4v) is 2.21. The molecule has 1 fully saturated rings. The molecule has 1 N–H and O–H groups in total. The monoisotopic (exact) mass is 214 g/mol. The zero-order chi connectivity index (χ0) is 11.3. The predicted molar refractivity (Wildman–Crippen MR) is 64.2 cm³/mol. The van der Waals surface area contributed by atoms with Crippen molar-refractivity contribution in [3.05, 3.63) is 0 Å². The molecule has 0 spiro atoms. The maximum atomic E-state index is 5.20. The summed E-state index contributed by atoms with van der Waals surface area (Å²) in [6.07, 6.45) is 4.06. The first kappa shape index (κ1) is 12.9. The minimum Gasteiger partial charge on any atom is -0.383 e. The lowest BCUT2D eigenvalue weighted by Crippen LogP contribution is -2.51. The van der Waals surface area contributed by atoms with Gasteiger partial charge >= 0.3 is 0 Å². The standard InChI is InChI=1S/C12H26N2O/c1-12(2,10-15-4)13-9-11-7-5-6-8-14(11)3/h11,13H,5-10H2,1-4H3. The summed E-state index contributed by atoms with van der Waals surface area (Å²) in [5, 5.41) is 3.59. The second kappa shape index (κ2) is 5.83. The van der Waals surface area contributed by atoms with Crippen LogP contribution in [-0.2, 0) is 4.74 Å². The molecule has 1 unspecified atom stereocenters. The maximum Gasteiger partial charge on any atom is 0.0639 e. The van der Waals surface area contributed by atoms with Gasteiger partial charge in [-0.1, -0.05) is 6.42 Å². The molecule has 1 aliphatic heterocycles. The van der Waals surface area contributed by atoms with Gasteiger partial charge in [0.25, 0.3) is 0 Å². The van der Waals surface area contributed by atoms with Crippen molar-refractivity contribution in [2.45, 2.75) is 44.7 Å². The van der Waals surface area contributed by atoms with Gasteiger partial charge in [-0.3, -0.25) is 0 Å². The summed E-state index contributed by atoms with van der Waals surface area (Å²) >= 11 is 0. The van der Waals surface area contributed by atoms with E-state index in [1.54, 1.807) is 7.11 Å². The molecule has 0 aromatic rings. The van der Waals surface area contributed by atoms with Gasteiger partial charge in [0.2, 0.25) is 0 Å². The van der Waals surface area contributed by atoms with Gasteiger partial charge in [0, 0.05) is 25.2 Å². The molecule has 0 saturated carbocycles. The second-order valence-electron chi connectivity index (χ2n) is 5.33. The highest BCUT2D eigenvalue weighted by Gasteiger charge is 2.22. The Morgan fingerprint density at radius 1 is 1.40 bits per heavy atom. The average molecular weight is 214 g/mol. The van der Waals surface area contributed by atoms with Crippen LogP contribution in [-0.4, -0.2) is 50.3 Å². The summed E-state index contributed by atoms with van der Waals surface area (Å²) in [4.78, 5) is 2.47. The molecular formula is C12H26N2O. The van der Waals surface area contributed by atoms with Gasteiger partial charge in [0.15, 0.2) is 0 Å². The summed E-state index contributed by atoms with van der Waals surface area (Å²) in [7, 11) is 3.99. The Kier molecular flexibility index (Phi) is 5.03. The van der Waals surface area contributed by atoms with Gasteiger partial charge in [-0.2, -0.15) is 0 Å². The van der Waals surface area contributed by atoms with Crippen LogP contribution in [0.4, 0.5) is 0 Å². The first-order valence-corrected chi connectivity index (χ1v) is 5.99. The van der Waals surface area contributed by atoms with Gasteiger partial charge in [0.1, 0.15) is 0 Å². The highest BCUT2D eigenvalue weighted by Crippen LogP contribution is 2.15. The third kappa shape index (κ3) is 4.49. The Labute approximate surface area is 94.2 Å². The molecule has 0 amide bonds. The highest BCUT2D eigenvalue weighted by molar-refractivity contribution is 4.82. The zero-order valence-corrected chi connectivity index (χ0v) is 10.7. The number of nitrogens with zero attached hydrogens (tertiary/aromatic N) is 1. The molecule has 1 saturated heterocycles. The van der Waals surface area contributed by atoms with Crippen LogP contribution in [0.3, 0.4) is 0 Å². The lowest BCUT2D eigenvalue weighted by molar-refractivity contribution is 0.113. The number of nitrogens with one attached hydrogen (secondary N) is 1. The van der Waals surface area contributed by atoms with Crippen LogP contribution in [0.2, 0.25) is 0 Å². The molecule has 1 rings (SSSR count). The van der Waals surface area contributed by atoms with Crippen LogP contribution in [0.1, 0.15) is 33.1 Å². The molecule has 15 heavy (non-hydrogen) atoms. The van der Waals surface area contributed by atoms with E-state index in [0.29, 0.717) is 6.04 Å². The Balaban J connectivity index is 2.28. The summed E-state index contributed by atoms with van der Waals surface area (Å²) in [5.74, 6) is 0. The number of likely N-dealkylation sites (tertiary alicyclic amines) is 1. The molecule has 0 bridgehead atoms. The van der Waals surface area contributed by atoms with E-state index in [1.165, 1.54) is 25.8 Å². The number of ether oxygens (including phenoxy) is 1. The second-order valence-corrected chi connectivity index (χ2v) is 5.33. The number of rotatable bonds is 5. The topological polar surface area (TPSA) is 24.5 Å². The molecule has 3 heteroatoms. The smallest absolute Gasteiger partial charge is 0.0639 e. The van der Waals surface area contributed by atoms with Crippen molar-refractivity contribution < 1.29 is 4.74 Å². The van der Waals surface area contributed by atoms with E-state index in [9.17, 15) is 0 Å². The van der Waals surface area contributed by atoms with Crippen molar-refractivity contribution in [2.75, 3.05) is 33.9 Å². The average Bonchev–Trinajstić information content (AvgIpc) is 2.16. The first-order valence-electron chi connectivity index (χ1n) is 5.99. The van der Waals surface area contributed by atoms with Crippen LogP contribution < -0.4 is 5.32 Å². The SMILES string of the molecule is COCC(C)(C)NCC1CCCCN1C. The van der Waals surface area contributed by atoms with Gasteiger partial charge in [0.05, 0.1) is 6.61 Å². The van der Waals surface area contributed by atoms with Gasteiger partial charge in [-0.15, -0.1) is 0 Å². The van der Waals surface area contributed by atoms with Crippen LogP contribution in [0.25, 0.3) is 0 Å². The van der Waals surface area contributed by atoms with E-state index in [0.717, 1.165) is 13.2 Å². The summed E-state index contributed by atoms with van der Waals surface area (Å²) in [6.45, 7) is 7.48. The number of hydrogen-bond acceptors (Lipinski definition) is 3.